The maximum Gasteiger partial charge on any atom is 0.238 e. The third kappa shape index (κ3) is 3.48. The first kappa shape index (κ1) is 25.7. The van der Waals surface area contributed by atoms with Crippen molar-refractivity contribution in [2.24, 2.45) is 5.92 Å². The van der Waals surface area contributed by atoms with Crippen molar-refractivity contribution in [3.8, 4) is 11.5 Å². The Kier molecular flexibility index (Phi) is 5.93. The number of rotatable bonds is 6. The fraction of sp³-hybridized carbons (Fsp3) is 0.176. The Morgan fingerprint density at radius 2 is 1.60 bits per heavy atom. The number of carbonyl (C=O) groups excluding carboxylic acids is 3. The van der Waals surface area contributed by atoms with Crippen LogP contribution in [0.25, 0.3) is 6.08 Å². The minimum atomic E-state index is -1.39. The van der Waals surface area contributed by atoms with Crippen molar-refractivity contribution in [1.29, 1.82) is 0 Å². The van der Waals surface area contributed by atoms with Gasteiger partial charge in [-0.25, -0.2) is 0 Å². The van der Waals surface area contributed by atoms with Gasteiger partial charge in [-0.3, -0.25) is 19.4 Å². The Morgan fingerprint density at radius 1 is 0.857 bits per heavy atom. The number of para-hydroxylation sites is 1. The summed E-state index contributed by atoms with van der Waals surface area (Å²) in [5, 5.41) is 3.06. The van der Waals surface area contributed by atoms with Crippen LogP contribution in [0.5, 0.6) is 11.5 Å². The number of ether oxygens (including phenoxy) is 2. The second kappa shape index (κ2) is 9.69. The summed E-state index contributed by atoms with van der Waals surface area (Å²) in [4.78, 5) is 49.9. The van der Waals surface area contributed by atoms with Gasteiger partial charge < -0.3 is 19.7 Å². The monoisotopic (exact) mass is 557 g/mol. The number of amides is 1. The molecule has 4 heterocycles. The van der Waals surface area contributed by atoms with Crippen LogP contribution in [0.4, 0.5) is 5.69 Å². The highest BCUT2D eigenvalue weighted by atomic mass is 16.5. The number of nitrogens with zero attached hydrogens (tertiary/aromatic N) is 2. The number of hydrogen-bond acceptors (Lipinski definition) is 7. The zero-order valence-electron chi connectivity index (χ0n) is 23.0. The predicted molar refractivity (Wildman–Crippen MR) is 157 cm³/mol. The summed E-state index contributed by atoms with van der Waals surface area (Å²) >= 11 is 0. The Bertz CT molecular complexity index is 1790. The Morgan fingerprint density at radius 3 is 2.38 bits per heavy atom. The minimum Gasteiger partial charge on any atom is -0.493 e. The van der Waals surface area contributed by atoms with Gasteiger partial charge in [0.05, 0.1) is 26.2 Å². The molecular weight excluding hydrogens is 530 g/mol. The maximum atomic E-state index is 14.7. The molecule has 0 aliphatic carbocycles. The zero-order valence-corrected chi connectivity index (χ0v) is 23.0. The van der Waals surface area contributed by atoms with E-state index >= 15 is 0 Å². The smallest absolute Gasteiger partial charge is 0.238 e. The number of carbonyl (C=O) groups is 3. The van der Waals surface area contributed by atoms with Gasteiger partial charge in [0.2, 0.25) is 5.91 Å². The van der Waals surface area contributed by atoms with Crippen molar-refractivity contribution in [3.63, 3.8) is 0 Å². The average molecular weight is 558 g/mol. The topological polar surface area (TPSA) is 97.8 Å². The molecule has 8 nitrogen and oxygen atoms in total. The van der Waals surface area contributed by atoms with Gasteiger partial charge in [-0.1, -0.05) is 42.5 Å². The molecule has 1 amide bonds. The van der Waals surface area contributed by atoms with Crippen LogP contribution in [0.15, 0.2) is 97.5 Å². The van der Waals surface area contributed by atoms with Gasteiger partial charge >= 0.3 is 0 Å². The van der Waals surface area contributed by atoms with Crippen LogP contribution >= 0.6 is 0 Å². The lowest BCUT2D eigenvalue weighted by Gasteiger charge is -2.38. The molecular formula is C34H27N3O5. The molecule has 3 aliphatic heterocycles. The van der Waals surface area contributed by atoms with Crippen LogP contribution in [0.1, 0.15) is 43.4 Å². The summed E-state index contributed by atoms with van der Waals surface area (Å²) < 4.78 is 10.9. The van der Waals surface area contributed by atoms with E-state index in [9.17, 15) is 14.4 Å². The molecule has 3 aliphatic rings. The van der Waals surface area contributed by atoms with Crippen molar-refractivity contribution in [1.82, 2.24) is 9.88 Å². The Hall–Kier alpha value is -5.24. The van der Waals surface area contributed by atoms with Crippen molar-refractivity contribution in [3.05, 3.63) is 125 Å². The van der Waals surface area contributed by atoms with Gasteiger partial charge in [0.15, 0.2) is 23.1 Å². The van der Waals surface area contributed by atoms with E-state index < -0.39 is 23.4 Å². The normalized spacial score (nSPS) is 23.1. The number of nitrogens with one attached hydrogen (secondary N) is 1. The SMILES string of the molecule is COc1ccc(C(=O)[C@@H]2[C@H](C(=O)c3ccncc3)[C@]3(C(=O)Nc4ccccc43)[C@@H]3c4ccccc4C=CN23)cc1OC. The maximum absolute atomic E-state index is 14.7. The third-order valence-corrected chi connectivity index (χ3v) is 8.75. The lowest BCUT2D eigenvalue weighted by Crippen LogP contribution is -2.49. The van der Waals surface area contributed by atoms with E-state index in [-0.39, 0.29) is 17.5 Å². The molecule has 0 radical (unpaired) electrons. The van der Waals surface area contributed by atoms with E-state index in [0.717, 1.165) is 11.1 Å². The number of aromatic nitrogens is 1. The standard InChI is InChI=1S/C34H27N3O5/c1-41-26-12-11-22(19-27(26)42-2)31(39)29-28(30(38)21-13-16-35-17-14-21)34(24-9-5-6-10-25(24)36-33(34)40)32-23-8-4-3-7-20(23)15-18-37(29)32/h3-19,28-29,32H,1-2H3,(H,36,40)/t28-,29+,32+,34+/m1/s1. The quantitative estimate of drug-likeness (QED) is 0.330. The fourth-order valence-electron chi connectivity index (χ4n) is 7.02. The molecule has 4 atom stereocenters. The lowest BCUT2D eigenvalue weighted by molar-refractivity contribution is -0.122. The van der Waals surface area contributed by atoms with Gasteiger partial charge in [0, 0.05) is 35.4 Å². The molecule has 1 spiro atoms. The van der Waals surface area contributed by atoms with Crippen molar-refractivity contribution in [2.45, 2.75) is 17.5 Å². The van der Waals surface area contributed by atoms with E-state index in [4.69, 9.17) is 9.47 Å². The molecule has 7 rings (SSSR count). The van der Waals surface area contributed by atoms with E-state index in [2.05, 4.69) is 10.3 Å². The van der Waals surface area contributed by atoms with E-state index in [1.807, 2.05) is 65.7 Å². The summed E-state index contributed by atoms with van der Waals surface area (Å²) in [6.07, 6.45) is 6.88. The summed E-state index contributed by atoms with van der Waals surface area (Å²) in [5.41, 5.74) is 2.49. The molecule has 4 aromatic rings. The Labute approximate surface area is 242 Å². The van der Waals surface area contributed by atoms with E-state index in [0.29, 0.717) is 33.9 Å². The van der Waals surface area contributed by atoms with E-state index in [1.54, 1.807) is 42.7 Å². The number of benzene rings is 3. The highest BCUT2D eigenvalue weighted by molar-refractivity contribution is 6.16. The largest absolute Gasteiger partial charge is 0.493 e. The Balaban J connectivity index is 1.52. The van der Waals surface area contributed by atoms with Gasteiger partial charge in [0.25, 0.3) is 0 Å². The van der Waals surface area contributed by atoms with Crippen LogP contribution in [0.3, 0.4) is 0 Å². The fourth-order valence-corrected chi connectivity index (χ4v) is 7.02. The number of Topliss-reactive ketones (excluding diaryl/α,β-unsaturated/α-hetero) is 2. The number of fused-ring (bicyclic) bond motifs is 6. The molecule has 42 heavy (non-hydrogen) atoms. The van der Waals surface area contributed by atoms with Crippen LogP contribution < -0.4 is 14.8 Å². The molecule has 1 aromatic heterocycles. The number of methoxy groups -OCH3 is 2. The number of pyridine rings is 1. The molecule has 0 unspecified atom stereocenters. The zero-order chi connectivity index (χ0) is 29.0. The second-order valence-corrected chi connectivity index (χ2v) is 10.6. The summed E-state index contributed by atoms with van der Waals surface area (Å²) in [6.45, 7) is 0. The average Bonchev–Trinajstić information content (AvgIpc) is 3.52. The first-order chi connectivity index (χ1) is 20.5. The second-order valence-electron chi connectivity index (χ2n) is 10.6. The lowest BCUT2D eigenvalue weighted by atomic mass is 9.62. The van der Waals surface area contributed by atoms with Gasteiger partial charge in [-0.2, -0.15) is 0 Å². The first-order valence-electron chi connectivity index (χ1n) is 13.7. The van der Waals surface area contributed by atoms with Crippen molar-refractivity contribution < 1.29 is 23.9 Å². The first-order valence-corrected chi connectivity index (χ1v) is 13.7. The van der Waals surface area contributed by atoms with Crippen LogP contribution in [-0.4, -0.2) is 47.6 Å². The van der Waals surface area contributed by atoms with Gasteiger partial charge in [-0.15, -0.1) is 0 Å². The molecule has 1 fully saturated rings. The van der Waals surface area contributed by atoms with Crippen molar-refractivity contribution >= 4 is 29.2 Å². The molecule has 8 heteroatoms. The number of anilines is 1. The van der Waals surface area contributed by atoms with Gasteiger partial charge in [-0.05, 0) is 59.2 Å². The van der Waals surface area contributed by atoms with Crippen LogP contribution in [0, 0.1) is 5.92 Å². The van der Waals surface area contributed by atoms with Crippen molar-refractivity contribution in [2.75, 3.05) is 19.5 Å². The highest BCUT2D eigenvalue weighted by Gasteiger charge is 2.70. The molecule has 0 saturated carbocycles. The molecule has 1 saturated heterocycles. The molecule has 1 N–H and O–H groups in total. The molecule has 208 valence electrons. The predicted octanol–water partition coefficient (Wildman–Crippen LogP) is 5.08. The summed E-state index contributed by atoms with van der Waals surface area (Å²) in [6, 6.07) is 21.9. The van der Waals surface area contributed by atoms with E-state index in [1.165, 1.54) is 14.2 Å². The van der Waals surface area contributed by atoms with Crippen LogP contribution in [-0.2, 0) is 10.2 Å². The summed E-state index contributed by atoms with van der Waals surface area (Å²) in [7, 11) is 3.03. The minimum absolute atomic E-state index is 0.300. The molecule has 3 aromatic carbocycles. The van der Waals surface area contributed by atoms with Gasteiger partial charge in [0.1, 0.15) is 11.5 Å². The molecule has 0 bridgehead atoms. The number of ketones is 2. The summed E-state index contributed by atoms with van der Waals surface area (Å²) in [5.74, 6) is -1.10. The van der Waals surface area contributed by atoms with Crippen LogP contribution in [0.2, 0.25) is 0 Å². The highest BCUT2D eigenvalue weighted by Crippen LogP contribution is 2.62. The third-order valence-electron chi connectivity index (χ3n) is 8.75. The number of hydrogen-bond donors (Lipinski definition) is 1.